The van der Waals surface area contributed by atoms with Gasteiger partial charge in [0.15, 0.2) is 0 Å². The molecular weight excluding hydrogens is 244 g/mol. The summed E-state index contributed by atoms with van der Waals surface area (Å²) < 4.78 is 5.50. The topological polar surface area (TPSA) is 13.1 Å². The van der Waals surface area contributed by atoms with Gasteiger partial charge in [-0.3, -0.25) is 0 Å². The van der Waals surface area contributed by atoms with Crippen LogP contribution < -0.4 is 0 Å². The summed E-state index contributed by atoms with van der Waals surface area (Å²) in [6.45, 7) is 4.54. The molecule has 1 aromatic heterocycles. The summed E-state index contributed by atoms with van der Waals surface area (Å²) in [5.41, 5.74) is 1.58. The second kappa shape index (κ2) is 11.8. The van der Waals surface area contributed by atoms with Gasteiger partial charge in [0.1, 0.15) is 5.76 Å². The van der Waals surface area contributed by atoms with E-state index in [1.165, 1.54) is 64.2 Å². The third-order valence-electron chi connectivity index (χ3n) is 3.82. The predicted molar refractivity (Wildman–Crippen MR) is 88.0 cm³/mol. The van der Waals surface area contributed by atoms with E-state index in [9.17, 15) is 0 Å². The fraction of sp³-hybridized carbons (Fsp3) is 0.684. The summed E-state index contributed by atoms with van der Waals surface area (Å²) in [5, 5.41) is 0. The Kier molecular flexibility index (Phi) is 10.1. The van der Waals surface area contributed by atoms with Crippen LogP contribution in [0.4, 0.5) is 0 Å². The van der Waals surface area contributed by atoms with Gasteiger partial charge in [0.2, 0.25) is 0 Å². The quantitative estimate of drug-likeness (QED) is 0.306. The van der Waals surface area contributed by atoms with E-state index >= 15 is 0 Å². The molecule has 0 aliphatic heterocycles. The molecule has 1 heteroatoms. The van der Waals surface area contributed by atoms with Crippen LogP contribution in [0.25, 0.3) is 0 Å². The van der Waals surface area contributed by atoms with Crippen LogP contribution in [0, 0.1) is 0 Å². The van der Waals surface area contributed by atoms with Crippen LogP contribution >= 0.6 is 0 Å². The molecule has 1 heterocycles. The van der Waals surface area contributed by atoms with E-state index in [4.69, 9.17) is 4.42 Å². The minimum absolute atomic E-state index is 1.01. The molecule has 0 fully saturated rings. The van der Waals surface area contributed by atoms with Gasteiger partial charge in [-0.05, 0) is 37.8 Å². The molecule has 114 valence electrons. The highest BCUT2D eigenvalue weighted by Crippen LogP contribution is 2.18. The van der Waals surface area contributed by atoms with Crippen molar-refractivity contribution in [1.82, 2.24) is 0 Å². The maximum atomic E-state index is 5.50. The number of allylic oxidation sites excluding steroid dienone is 2. The Bertz CT molecular complexity index is 335. The highest BCUT2D eigenvalue weighted by Gasteiger charge is 2.02. The van der Waals surface area contributed by atoms with Crippen molar-refractivity contribution in [3.8, 4) is 0 Å². The third kappa shape index (κ3) is 8.24. The third-order valence-corrected chi connectivity index (χ3v) is 3.82. The molecule has 0 saturated carbocycles. The zero-order valence-corrected chi connectivity index (χ0v) is 13.5. The summed E-state index contributed by atoms with van der Waals surface area (Å²) in [6.07, 6.45) is 18.5. The zero-order chi connectivity index (χ0) is 14.5. The van der Waals surface area contributed by atoms with Crippen LogP contribution in [-0.4, -0.2) is 0 Å². The number of unbranched alkanes of at least 4 members (excludes halogenated alkanes) is 7. The minimum Gasteiger partial charge on any atom is -0.469 e. The molecule has 0 aliphatic carbocycles. The van der Waals surface area contributed by atoms with Crippen molar-refractivity contribution in [2.24, 2.45) is 0 Å². The predicted octanol–water partition coefficient (Wildman–Crippen LogP) is 6.69. The molecule has 0 saturated heterocycles. The summed E-state index contributed by atoms with van der Waals surface area (Å²) >= 11 is 0. The van der Waals surface area contributed by atoms with Crippen molar-refractivity contribution in [2.45, 2.75) is 84.5 Å². The Morgan fingerprint density at radius 3 is 2.40 bits per heavy atom. The summed E-state index contributed by atoms with van der Waals surface area (Å²) in [5.74, 6) is 1.11. The highest BCUT2D eigenvalue weighted by atomic mass is 16.3. The molecule has 0 atom stereocenters. The van der Waals surface area contributed by atoms with E-state index in [0.717, 1.165) is 12.2 Å². The average molecular weight is 276 g/mol. The molecule has 0 bridgehead atoms. The van der Waals surface area contributed by atoms with Gasteiger partial charge >= 0.3 is 0 Å². The second-order valence-corrected chi connectivity index (χ2v) is 5.78. The average Bonchev–Trinajstić information content (AvgIpc) is 2.96. The molecule has 0 aromatic carbocycles. The molecule has 0 N–H and O–H groups in total. The molecular formula is C19H32O. The van der Waals surface area contributed by atoms with E-state index in [2.05, 4.69) is 26.0 Å². The lowest BCUT2D eigenvalue weighted by Gasteiger charge is -2.06. The van der Waals surface area contributed by atoms with E-state index in [1.54, 1.807) is 11.8 Å². The van der Waals surface area contributed by atoms with Gasteiger partial charge in [-0.15, -0.1) is 0 Å². The lowest BCUT2D eigenvalue weighted by molar-refractivity contribution is 0.515. The monoisotopic (exact) mass is 276 g/mol. The molecule has 0 amide bonds. The minimum atomic E-state index is 1.01. The SMILES string of the molecule is CCCCCC/C=C(\CCCCCC)Cc1ccco1. The van der Waals surface area contributed by atoms with E-state index in [-0.39, 0.29) is 0 Å². The molecule has 0 spiro atoms. The van der Waals surface area contributed by atoms with E-state index in [1.807, 2.05) is 6.07 Å². The number of hydrogen-bond acceptors (Lipinski definition) is 1. The number of furan rings is 1. The molecule has 20 heavy (non-hydrogen) atoms. The van der Waals surface area contributed by atoms with E-state index < -0.39 is 0 Å². The first-order valence-corrected chi connectivity index (χ1v) is 8.57. The fourth-order valence-electron chi connectivity index (χ4n) is 2.56. The second-order valence-electron chi connectivity index (χ2n) is 5.78. The largest absolute Gasteiger partial charge is 0.469 e. The maximum Gasteiger partial charge on any atom is 0.107 e. The fourth-order valence-corrected chi connectivity index (χ4v) is 2.56. The first-order valence-electron chi connectivity index (χ1n) is 8.57. The zero-order valence-electron chi connectivity index (χ0n) is 13.5. The Morgan fingerprint density at radius 1 is 1.00 bits per heavy atom. The Hall–Kier alpha value is -0.980. The first kappa shape index (κ1) is 17.1. The van der Waals surface area contributed by atoms with Gasteiger partial charge in [-0.2, -0.15) is 0 Å². The molecule has 0 unspecified atom stereocenters. The summed E-state index contributed by atoms with van der Waals surface area (Å²) in [7, 11) is 0. The van der Waals surface area contributed by atoms with Crippen LogP contribution in [0.3, 0.4) is 0 Å². The van der Waals surface area contributed by atoms with Crippen LogP contribution in [0.15, 0.2) is 34.5 Å². The number of rotatable bonds is 12. The van der Waals surface area contributed by atoms with Crippen LogP contribution in [0.1, 0.15) is 83.8 Å². The molecule has 1 nitrogen and oxygen atoms in total. The van der Waals surface area contributed by atoms with Crippen molar-refractivity contribution in [3.63, 3.8) is 0 Å². The van der Waals surface area contributed by atoms with Crippen molar-refractivity contribution >= 4 is 0 Å². The van der Waals surface area contributed by atoms with Crippen molar-refractivity contribution in [2.75, 3.05) is 0 Å². The lowest BCUT2D eigenvalue weighted by atomic mass is 10.0. The number of hydrogen-bond donors (Lipinski definition) is 0. The van der Waals surface area contributed by atoms with Crippen molar-refractivity contribution < 1.29 is 4.42 Å². The van der Waals surface area contributed by atoms with Gasteiger partial charge < -0.3 is 4.42 Å². The Balaban J connectivity index is 2.34. The Labute approximate surface area is 125 Å². The smallest absolute Gasteiger partial charge is 0.107 e. The molecule has 0 aliphatic rings. The van der Waals surface area contributed by atoms with E-state index in [0.29, 0.717) is 0 Å². The van der Waals surface area contributed by atoms with Crippen molar-refractivity contribution in [3.05, 3.63) is 35.8 Å². The maximum absolute atomic E-state index is 5.50. The van der Waals surface area contributed by atoms with Gasteiger partial charge in [0.25, 0.3) is 0 Å². The van der Waals surface area contributed by atoms with Crippen LogP contribution in [0.2, 0.25) is 0 Å². The normalized spacial score (nSPS) is 12.0. The lowest BCUT2D eigenvalue weighted by Crippen LogP contribution is -1.91. The summed E-state index contributed by atoms with van der Waals surface area (Å²) in [4.78, 5) is 0. The van der Waals surface area contributed by atoms with Gasteiger partial charge in [0.05, 0.1) is 6.26 Å². The highest BCUT2D eigenvalue weighted by molar-refractivity contribution is 5.12. The molecule has 0 radical (unpaired) electrons. The standard InChI is InChI=1S/C19H32O/c1-3-5-7-9-11-14-18(13-10-8-6-4-2)17-19-15-12-16-20-19/h12,14-16H,3-11,13,17H2,1-2H3/b18-14+. The van der Waals surface area contributed by atoms with Crippen LogP contribution in [-0.2, 0) is 6.42 Å². The molecule has 1 rings (SSSR count). The van der Waals surface area contributed by atoms with Crippen LogP contribution in [0.5, 0.6) is 0 Å². The summed E-state index contributed by atoms with van der Waals surface area (Å²) in [6, 6.07) is 4.09. The molecule has 1 aromatic rings. The first-order chi connectivity index (χ1) is 9.86. The Morgan fingerprint density at radius 2 is 1.75 bits per heavy atom. The van der Waals surface area contributed by atoms with Crippen molar-refractivity contribution in [1.29, 1.82) is 0 Å². The van der Waals surface area contributed by atoms with Gasteiger partial charge in [0, 0.05) is 6.42 Å². The van der Waals surface area contributed by atoms with Gasteiger partial charge in [-0.1, -0.05) is 64.0 Å². The van der Waals surface area contributed by atoms with Gasteiger partial charge in [-0.25, -0.2) is 0 Å².